The smallest absolute Gasteiger partial charge is 0.312 e. The van der Waals surface area contributed by atoms with Gasteiger partial charge in [-0.25, -0.2) is 0 Å². The van der Waals surface area contributed by atoms with E-state index in [2.05, 4.69) is 13.8 Å². The topological polar surface area (TPSA) is 99.2 Å². The number of esters is 3. The van der Waals surface area contributed by atoms with Crippen molar-refractivity contribution in [1.29, 1.82) is 0 Å². The highest BCUT2D eigenvalue weighted by molar-refractivity contribution is 5.83. The summed E-state index contributed by atoms with van der Waals surface area (Å²) in [4.78, 5) is 53.9. The second-order valence-corrected chi connectivity index (χ2v) is 13.8. The van der Waals surface area contributed by atoms with Crippen LogP contribution in [0, 0.1) is 22.2 Å². The Morgan fingerprint density at radius 3 is 2.02 bits per heavy atom. The fraction of sp³-hybridized carbons (Fsp3) is 0.875. The Kier molecular flexibility index (Phi) is 13.6. The number of rotatable bonds is 17. The van der Waals surface area contributed by atoms with Crippen molar-refractivity contribution >= 4 is 23.8 Å². The van der Waals surface area contributed by atoms with Gasteiger partial charge in [-0.3, -0.25) is 19.2 Å². The molecular formula is C32H57NO7. The summed E-state index contributed by atoms with van der Waals surface area (Å²) >= 11 is 0. The van der Waals surface area contributed by atoms with Gasteiger partial charge in [0.25, 0.3) is 0 Å². The molecule has 0 aromatic rings. The fourth-order valence-corrected chi connectivity index (χ4v) is 5.51. The maximum atomic E-state index is 13.7. The lowest BCUT2D eigenvalue weighted by atomic mass is 9.65. The van der Waals surface area contributed by atoms with Gasteiger partial charge in [0.15, 0.2) is 0 Å². The van der Waals surface area contributed by atoms with E-state index in [4.69, 9.17) is 14.2 Å². The molecule has 1 saturated heterocycles. The summed E-state index contributed by atoms with van der Waals surface area (Å²) in [5.41, 5.74) is -3.86. The predicted octanol–water partition coefficient (Wildman–Crippen LogP) is 6.48. The summed E-state index contributed by atoms with van der Waals surface area (Å²) in [5.74, 6) is -0.835. The molecule has 1 aliphatic heterocycles. The number of ether oxygens (including phenoxy) is 3. The standard InChI is InChI=1S/C32H57NO7/c1-11-14-16-24(12-2)21-39-27(36)31(9,13-3)23-32(10,28(37)40-29(4,5)6)22-30(7,8)26(35)38-20-19-33-18-15-17-25(33)34/h24H,11-23H2,1-10H3. The van der Waals surface area contributed by atoms with Crippen molar-refractivity contribution < 1.29 is 33.4 Å². The molecule has 0 radical (unpaired) electrons. The lowest BCUT2D eigenvalue weighted by Crippen LogP contribution is -2.46. The van der Waals surface area contributed by atoms with E-state index in [1.54, 1.807) is 46.4 Å². The fourth-order valence-electron chi connectivity index (χ4n) is 5.51. The molecular weight excluding hydrogens is 510 g/mol. The number of amides is 1. The predicted molar refractivity (Wildman–Crippen MR) is 156 cm³/mol. The maximum absolute atomic E-state index is 13.7. The Hall–Kier alpha value is -2.12. The van der Waals surface area contributed by atoms with Gasteiger partial charge >= 0.3 is 17.9 Å². The molecule has 0 N–H and O–H groups in total. The summed E-state index contributed by atoms with van der Waals surface area (Å²) in [7, 11) is 0. The Morgan fingerprint density at radius 2 is 1.52 bits per heavy atom. The molecule has 0 aromatic carbocycles. The van der Waals surface area contributed by atoms with Crippen LogP contribution in [-0.2, 0) is 33.4 Å². The van der Waals surface area contributed by atoms with Crippen molar-refractivity contribution in [1.82, 2.24) is 4.90 Å². The van der Waals surface area contributed by atoms with Crippen molar-refractivity contribution in [2.75, 3.05) is 26.3 Å². The highest BCUT2D eigenvalue weighted by atomic mass is 16.6. The number of likely N-dealkylation sites (tertiary alicyclic amines) is 1. The molecule has 1 heterocycles. The van der Waals surface area contributed by atoms with Crippen LogP contribution in [0.4, 0.5) is 0 Å². The zero-order valence-corrected chi connectivity index (χ0v) is 27.1. The monoisotopic (exact) mass is 567 g/mol. The molecule has 0 aliphatic carbocycles. The van der Waals surface area contributed by atoms with Gasteiger partial charge in [0, 0.05) is 13.0 Å². The van der Waals surface area contributed by atoms with E-state index in [9.17, 15) is 19.2 Å². The SMILES string of the molecule is CCCCC(CC)COC(=O)C(C)(CC)CC(C)(CC(C)(C)C(=O)OCCN1CCCC1=O)C(=O)OC(C)(C)C. The lowest BCUT2D eigenvalue weighted by Gasteiger charge is -2.41. The summed E-state index contributed by atoms with van der Waals surface area (Å²) in [6.07, 6.45) is 6.28. The van der Waals surface area contributed by atoms with Crippen LogP contribution in [0.2, 0.25) is 0 Å². The van der Waals surface area contributed by atoms with Gasteiger partial charge < -0.3 is 19.1 Å². The van der Waals surface area contributed by atoms with E-state index in [1.165, 1.54) is 0 Å². The summed E-state index contributed by atoms with van der Waals surface area (Å²) in [5, 5.41) is 0. The molecule has 8 nitrogen and oxygen atoms in total. The number of unbranched alkanes of at least 4 members (excludes halogenated alkanes) is 1. The number of hydrogen-bond donors (Lipinski definition) is 0. The molecule has 232 valence electrons. The molecule has 3 unspecified atom stereocenters. The van der Waals surface area contributed by atoms with Crippen molar-refractivity contribution in [2.45, 2.75) is 133 Å². The Morgan fingerprint density at radius 1 is 0.875 bits per heavy atom. The van der Waals surface area contributed by atoms with Crippen LogP contribution in [0.15, 0.2) is 0 Å². The normalized spacial score (nSPS) is 18.1. The van der Waals surface area contributed by atoms with Crippen molar-refractivity contribution in [3.8, 4) is 0 Å². The van der Waals surface area contributed by atoms with Crippen LogP contribution in [0.3, 0.4) is 0 Å². The van der Waals surface area contributed by atoms with Gasteiger partial charge in [0.05, 0.1) is 29.4 Å². The van der Waals surface area contributed by atoms with Crippen LogP contribution in [0.5, 0.6) is 0 Å². The third-order valence-corrected chi connectivity index (χ3v) is 8.09. The number of hydrogen-bond acceptors (Lipinski definition) is 7. The zero-order chi connectivity index (χ0) is 30.8. The molecule has 0 bridgehead atoms. The van der Waals surface area contributed by atoms with Gasteiger partial charge in [-0.05, 0) is 86.5 Å². The quantitative estimate of drug-likeness (QED) is 0.146. The second kappa shape index (κ2) is 15.2. The molecule has 3 atom stereocenters. The van der Waals surface area contributed by atoms with Crippen LogP contribution in [-0.4, -0.2) is 60.6 Å². The zero-order valence-electron chi connectivity index (χ0n) is 27.1. The van der Waals surface area contributed by atoms with Crippen LogP contribution in [0.1, 0.15) is 127 Å². The summed E-state index contributed by atoms with van der Waals surface area (Å²) in [6, 6.07) is 0. The highest BCUT2D eigenvalue weighted by Crippen LogP contribution is 2.46. The van der Waals surface area contributed by atoms with Gasteiger partial charge in [-0.2, -0.15) is 0 Å². The number of carbonyl (C=O) groups is 4. The molecule has 1 aliphatic rings. The largest absolute Gasteiger partial charge is 0.465 e. The van der Waals surface area contributed by atoms with E-state index in [0.29, 0.717) is 38.5 Å². The molecule has 40 heavy (non-hydrogen) atoms. The van der Waals surface area contributed by atoms with Gasteiger partial charge in [0.1, 0.15) is 12.2 Å². The van der Waals surface area contributed by atoms with E-state index < -0.39 is 33.8 Å². The summed E-state index contributed by atoms with van der Waals surface area (Å²) in [6.45, 7) is 20.2. The van der Waals surface area contributed by atoms with E-state index >= 15 is 0 Å². The van der Waals surface area contributed by atoms with Crippen LogP contribution >= 0.6 is 0 Å². The first-order valence-electron chi connectivity index (χ1n) is 15.3. The van der Waals surface area contributed by atoms with Gasteiger partial charge in [0.2, 0.25) is 5.91 Å². The van der Waals surface area contributed by atoms with Crippen molar-refractivity contribution in [3.05, 3.63) is 0 Å². The highest BCUT2D eigenvalue weighted by Gasteiger charge is 2.50. The molecule has 0 saturated carbocycles. The third kappa shape index (κ3) is 11.0. The van der Waals surface area contributed by atoms with Gasteiger partial charge in [-0.15, -0.1) is 0 Å². The van der Waals surface area contributed by atoms with Crippen molar-refractivity contribution in [3.63, 3.8) is 0 Å². The maximum Gasteiger partial charge on any atom is 0.312 e. The minimum Gasteiger partial charge on any atom is -0.465 e. The number of nitrogens with zero attached hydrogens (tertiary/aromatic N) is 1. The Balaban J connectivity index is 3.09. The molecule has 1 rings (SSSR count). The average molecular weight is 568 g/mol. The molecule has 0 aromatic heterocycles. The number of carbonyl (C=O) groups excluding carboxylic acids is 4. The Labute approximate surface area is 243 Å². The molecule has 1 amide bonds. The van der Waals surface area contributed by atoms with Crippen LogP contribution < -0.4 is 0 Å². The first-order chi connectivity index (χ1) is 18.4. The summed E-state index contributed by atoms with van der Waals surface area (Å²) < 4.78 is 17.3. The van der Waals surface area contributed by atoms with Crippen molar-refractivity contribution in [2.24, 2.45) is 22.2 Å². The van der Waals surface area contributed by atoms with E-state index in [1.807, 2.05) is 13.8 Å². The third-order valence-electron chi connectivity index (χ3n) is 8.09. The van der Waals surface area contributed by atoms with Crippen LogP contribution in [0.25, 0.3) is 0 Å². The van der Waals surface area contributed by atoms with Gasteiger partial charge in [-0.1, -0.05) is 40.0 Å². The Bertz CT molecular complexity index is 862. The molecule has 0 spiro atoms. The minimum absolute atomic E-state index is 0.0779. The first kappa shape index (κ1) is 35.9. The average Bonchev–Trinajstić information content (AvgIpc) is 3.26. The van der Waals surface area contributed by atoms with E-state index in [-0.39, 0.29) is 31.3 Å². The minimum atomic E-state index is -1.16. The lowest BCUT2D eigenvalue weighted by molar-refractivity contribution is -0.176. The second-order valence-electron chi connectivity index (χ2n) is 13.8. The molecule has 8 heteroatoms. The van der Waals surface area contributed by atoms with E-state index in [0.717, 1.165) is 32.1 Å². The first-order valence-corrected chi connectivity index (χ1v) is 15.3. The molecule has 1 fully saturated rings.